The lowest BCUT2D eigenvalue weighted by Crippen LogP contribution is -2.25. The van der Waals surface area contributed by atoms with E-state index >= 15 is 0 Å². The molecule has 0 N–H and O–H groups in total. The molecule has 3 rings (SSSR count). The average Bonchev–Trinajstić information content (AvgIpc) is 2.73. The Balaban J connectivity index is 1.40. The minimum atomic E-state index is -1.39. The normalized spacial score (nSPS) is 28.5. The Labute approximate surface area is 175 Å². The Hall–Kier alpha value is -1.25. The van der Waals surface area contributed by atoms with Gasteiger partial charge in [0.1, 0.15) is 0 Å². The van der Waals surface area contributed by atoms with E-state index in [2.05, 4.69) is 6.92 Å². The molecule has 2 aliphatic carbocycles. The molecule has 0 heterocycles. The predicted octanol–water partition coefficient (Wildman–Crippen LogP) is 8.70. The molecule has 162 valence electrons. The van der Waals surface area contributed by atoms with Crippen molar-refractivity contribution < 1.29 is 13.2 Å². The molecular weight excluding hydrogens is 369 g/mol. The second-order valence-electron chi connectivity index (χ2n) is 9.57. The van der Waals surface area contributed by atoms with Gasteiger partial charge >= 0.3 is 0 Å². The first kappa shape index (κ1) is 22.4. The van der Waals surface area contributed by atoms with Crippen molar-refractivity contribution in [1.29, 1.82) is 0 Å². The first-order chi connectivity index (χ1) is 14.0. The van der Waals surface area contributed by atoms with Crippen LogP contribution in [0.2, 0.25) is 0 Å². The predicted molar refractivity (Wildman–Crippen MR) is 115 cm³/mol. The van der Waals surface area contributed by atoms with Gasteiger partial charge in [0, 0.05) is 0 Å². The molecule has 0 unspecified atom stereocenters. The largest absolute Gasteiger partial charge is 0.204 e. The van der Waals surface area contributed by atoms with E-state index in [-0.39, 0.29) is 0 Å². The van der Waals surface area contributed by atoms with Crippen LogP contribution in [-0.4, -0.2) is 0 Å². The molecule has 0 spiro atoms. The van der Waals surface area contributed by atoms with E-state index in [1.165, 1.54) is 64.2 Å². The summed E-state index contributed by atoms with van der Waals surface area (Å²) in [6.45, 7) is 4.15. The van der Waals surface area contributed by atoms with Crippen LogP contribution >= 0.6 is 0 Å². The zero-order valence-corrected chi connectivity index (χ0v) is 18.2. The highest BCUT2D eigenvalue weighted by Crippen LogP contribution is 2.43. The third-order valence-electron chi connectivity index (χ3n) is 7.61. The van der Waals surface area contributed by atoms with E-state index in [0.717, 1.165) is 54.2 Å². The van der Waals surface area contributed by atoms with Crippen LogP contribution in [0, 0.1) is 41.1 Å². The molecule has 0 nitrogen and oxygen atoms in total. The molecule has 2 aliphatic rings. The number of allylic oxidation sites excluding steroid dienone is 2. The van der Waals surface area contributed by atoms with E-state index in [1.54, 1.807) is 0 Å². The van der Waals surface area contributed by atoms with Crippen molar-refractivity contribution in [1.82, 2.24) is 0 Å². The number of rotatable bonds is 7. The van der Waals surface area contributed by atoms with E-state index < -0.39 is 17.5 Å². The van der Waals surface area contributed by atoms with Crippen LogP contribution in [0.15, 0.2) is 18.2 Å². The minimum Gasteiger partial charge on any atom is -0.204 e. The van der Waals surface area contributed by atoms with Crippen molar-refractivity contribution in [2.24, 2.45) is 23.7 Å². The highest BCUT2D eigenvalue weighted by atomic mass is 19.2. The SMILES string of the molecule is CCCC1CCC(C2CCC(CC/C=C(\C)c3cc(F)c(F)c(F)c3)CC2)CC1. The van der Waals surface area contributed by atoms with Crippen LogP contribution < -0.4 is 0 Å². The van der Waals surface area contributed by atoms with Crippen LogP contribution in [0.1, 0.15) is 96.5 Å². The summed E-state index contributed by atoms with van der Waals surface area (Å²) < 4.78 is 40.0. The van der Waals surface area contributed by atoms with Gasteiger partial charge in [-0.1, -0.05) is 51.5 Å². The molecule has 0 amide bonds. The van der Waals surface area contributed by atoms with Crippen LogP contribution in [0.5, 0.6) is 0 Å². The van der Waals surface area contributed by atoms with Crippen molar-refractivity contribution >= 4 is 5.57 Å². The van der Waals surface area contributed by atoms with Crippen LogP contribution in [0.4, 0.5) is 13.2 Å². The van der Waals surface area contributed by atoms with Gasteiger partial charge in [-0.3, -0.25) is 0 Å². The number of halogens is 3. The summed E-state index contributed by atoms with van der Waals surface area (Å²) in [4.78, 5) is 0. The summed E-state index contributed by atoms with van der Waals surface area (Å²) in [6.07, 6.45) is 18.1. The topological polar surface area (TPSA) is 0 Å². The van der Waals surface area contributed by atoms with Crippen molar-refractivity contribution in [2.45, 2.75) is 90.9 Å². The highest BCUT2D eigenvalue weighted by molar-refractivity contribution is 5.63. The Bertz CT molecular complexity index is 654. The van der Waals surface area contributed by atoms with Gasteiger partial charge in [0.25, 0.3) is 0 Å². The molecule has 3 heteroatoms. The fourth-order valence-electron chi connectivity index (χ4n) is 5.74. The molecule has 2 saturated carbocycles. The lowest BCUT2D eigenvalue weighted by atomic mass is 9.68. The van der Waals surface area contributed by atoms with E-state index in [1.807, 2.05) is 13.0 Å². The van der Waals surface area contributed by atoms with Gasteiger partial charge in [-0.15, -0.1) is 0 Å². The summed E-state index contributed by atoms with van der Waals surface area (Å²) >= 11 is 0. The maximum absolute atomic E-state index is 13.4. The summed E-state index contributed by atoms with van der Waals surface area (Å²) in [5, 5.41) is 0. The maximum Gasteiger partial charge on any atom is 0.194 e. The lowest BCUT2D eigenvalue weighted by Gasteiger charge is -2.38. The van der Waals surface area contributed by atoms with Crippen LogP contribution in [0.3, 0.4) is 0 Å². The fourth-order valence-corrected chi connectivity index (χ4v) is 5.74. The van der Waals surface area contributed by atoms with E-state index in [4.69, 9.17) is 0 Å². The van der Waals surface area contributed by atoms with Crippen molar-refractivity contribution in [3.63, 3.8) is 0 Å². The molecule has 0 aromatic heterocycles. The molecule has 0 atom stereocenters. The van der Waals surface area contributed by atoms with Crippen molar-refractivity contribution in [3.05, 3.63) is 41.2 Å². The summed E-state index contributed by atoms with van der Waals surface area (Å²) in [7, 11) is 0. The van der Waals surface area contributed by atoms with Crippen molar-refractivity contribution in [2.75, 3.05) is 0 Å². The average molecular weight is 407 g/mol. The second kappa shape index (κ2) is 10.7. The molecule has 0 aliphatic heterocycles. The van der Waals surface area contributed by atoms with Gasteiger partial charge in [-0.25, -0.2) is 13.2 Å². The Morgan fingerprint density at radius 3 is 1.79 bits per heavy atom. The molecular formula is C26H37F3. The zero-order chi connectivity index (χ0) is 20.8. The summed E-state index contributed by atoms with van der Waals surface area (Å²) in [6, 6.07) is 2.18. The maximum atomic E-state index is 13.4. The highest BCUT2D eigenvalue weighted by Gasteiger charge is 2.30. The van der Waals surface area contributed by atoms with Gasteiger partial charge < -0.3 is 0 Å². The second-order valence-corrected chi connectivity index (χ2v) is 9.57. The van der Waals surface area contributed by atoms with Crippen LogP contribution in [0.25, 0.3) is 5.57 Å². The fraction of sp³-hybridized carbons (Fsp3) is 0.692. The third-order valence-corrected chi connectivity index (χ3v) is 7.61. The third kappa shape index (κ3) is 6.12. The first-order valence-corrected chi connectivity index (χ1v) is 11.8. The van der Waals surface area contributed by atoms with Gasteiger partial charge in [0.05, 0.1) is 0 Å². The molecule has 1 aromatic rings. The first-order valence-electron chi connectivity index (χ1n) is 11.8. The quantitative estimate of drug-likeness (QED) is 0.397. The molecule has 2 fully saturated rings. The Morgan fingerprint density at radius 2 is 1.31 bits per heavy atom. The van der Waals surface area contributed by atoms with E-state index in [0.29, 0.717) is 5.56 Å². The number of hydrogen-bond donors (Lipinski definition) is 0. The summed E-state index contributed by atoms with van der Waals surface area (Å²) in [5.74, 6) is 0.0478. The van der Waals surface area contributed by atoms with Gasteiger partial charge in [-0.05, 0) is 92.4 Å². The summed E-state index contributed by atoms with van der Waals surface area (Å²) in [5.41, 5.74) is 1.25. The lowest BCUT2D eigenvalue weighted by molar-refractivity contribution is 0.141. The Morgan fingerprint density at radius 1 is 0.828 bits per heavy atom. The van der Waals surface area contributed by atoms with Crippen LogP contribution in [-0.2, 0) is 0 Å². The number of hydrogen-bond acceptors (Lipinski definition) is 0. The van der Waals surface area contributed by atoms with Gasteiger partial charge in [0.15, 0.2) is 17.5 Å². The Kier molecular flexibility index (Phi) is 8.26. The molecule has 1 aromatic carbocycles. The van der Waals surface area contributed by atoms with Gasteiger partial charge in [-0.2, -0.15) is 0 Å². The number of benzene rings is 1. The molecule has 0 radical (unpaired) electrons. The van der Waals surface area contributed by atoms with Gasteiger partial charge in [0.2, 0.25) is 0 Å². The van der Waals surface area contributed by atoms with E-state index in [9.17, 15) is 13.2 Å². The molecule has 0 saturated heterocycles. The monoisotopic (exact) mass is 406 g/mol. The minimum absolute atomic E-state index is 0.434. The molecule has 0 bridgehead atoms. The molecule has 29 heavy (non-hydrogen) atoms. The smallest absolute Gasteiger partial charge is 0.194 e. The zero-order valence-electron chi connectivity index (χ0n) is 18.2. The van der Waals surface area contributed by atoms with Crippen molar-refractivity contribution in [3.8, 4) is 0 Å². The standard InChI is InChI=1S/C26H37F3/c1-3-5-19-8-12-21(13-9-19)22-14-10-20(11-15-22)7-4-6-18(2)23-16-24(27)26(29)25(28)17-23/h6,16-17,19-22H,3-5,7-15H2,1-2H3/b18-6+.